The highest BCUT2D eigenvalue weighted by Gasteiger charge is 1.92. The number of hydrogen-bond acceptors (Lipinski definition) is 0. The normalized spacial score (nSPS) is 11.6. The summed E-state index contributed by atoms with van der Waals surface area (Å²) < 4.78 is 0. The first-order valence-electron chi connectivity index (χ1n) is 7.05. The highest BCUT2D eigenvalue weighted by molar-refractivity contribution is 7.37. The molecule has 0 aromatic rings. The highest BCUT2D eigenvalue weighted by Crippen LogP contribution is 2.14. The van der Waals surface area contributed by atoms with Crippen LogP contribution in [-0.2, 0) is 0 Å². The zero-order valence-electron chi connectivity index (χ0n) is 10.9. The van der Waals surface area contributed by atoms with Gasteiger partial charge in [-0.15, -0.1) is 0 Å². The molecule has 0 saturated heterocycles. The van der Waals surface area contributed by atoms with Crippen LogP contribution in [0, 0.1) is 0 Å². The molecule has 0 fully saturated rings. The molecule has 15 heavy (non-hydrogen) atoms. The van der Waals surface area contributed by atoms with Crippen LogP contribution >= 0.6 is 8.58 Å². The van der Waals surface area contributed by atoms with E-state index in [1.54, 1.807) is 8.58 Å². The van der Waals surface area contributed by atoms with E-state index in [9.17, 15) is 0 Å². The first-order chi connectivity index (χ1) is 7.41. The van der Waals surface area contributed by atoms with Crippen LogP contribution in [0.3, 0.4) is 0 Å². The Morgan fingerprint density at radius 1 is 0.600 bits per heavy atom. The lowest BCUT2D eigenvalue weighted by atomic mass is 10.1. The standard InChI is InChI=1S/C14H30P/c1-3-5-6-7-8-9-10-11-12-13-14-15-4-2/h3-14H2,1-2H3. The predicted octanol–water partition coefficient (Wildman–Crippen LogP) is 5.87. The van der Waals surface area contributed by atoms with Crippen LogP contribution in [0.25, 0.3) is 0 Å². The summed E-state index contributed by atoms with van der Waals surface area (Å²) in [5, 5.41) is 0. The number of hydrogen-bond donors (Lipinski definition) is 0. The summed E-state index contributed by atoms with van der Waals surface area (Å²) in [4.78, 5) is 0. The minimum Gasteiger partial charge on any atom is -0.0813 e. The van der Waals surface area contributed by atoms with Gasteiger partial charge in [0.25, 0.3) is 0 Å². The Morgan fingerprint density at radius 2 is 1.07 bits per heavy atom. The number of unbranched alkanes of at least 4 members (excludes halogenated alkanes) is 9. The molecule has 0 aromatic carbocycles. The SMILES string of the molecule is CCCCCCCCCCCC[P]CC. The fraction of sp³-hybridized carbons (Fsp3) is 1.00. The molecule has 0 atom stereocenters. The molecule has 0 saturated carbocycles. The molecular formula is C14H30P. The lowest BCUT2D eigenvalue weighted by molar-refractivity contribution is 0.563. The molecule has 1 radical (unpaired) electrons. The van der Waals surface area contributed by atoms with E-state index >= 15 is 0 Å². The van der Waals surface area contributed by atoms with Gasteiger partial charge in [-0.2, -0.15) is 0 Å². The summed E-state index contributed by atoms with van der Waals surface area (Å²) in [7, 11) is 1.66. The van der Waals surface area contributed by atoms with Crippen molar-refractivity contribution in [2.75, 3.05) is 12.3 Å². The maximum Gasteiger partial charge on any atom is -0.0287 e. The quantitative estimate of drug-likeness (QED) is 0.290. The molecule has 0 aromatic heterocycles. The van der Waals surface area contributed by atoms with Gasteiger partial charge >= 0.3 is 0 Å². The molecule has 0 bridgehead atoms. The summed E-state index contributed by atoms with van der Waals surface area (Å²) in [6.45, 7) is 4.56. The van der Waals surface area contributed by atoms with Gasteiger partial charge in [0.1, 0.15) is 0 Å². The Bertz CT molecular complexity index is 89.5. The van der Waals surface area contributed by atoms with Gasteiger partial charge in [0, 0.05) is 0 Å². The minimum absolute atomic E-state index is 1.34. The van der Waals surface area contributed by atoms with Crippen molar-refractivity contribution in [2.24, 2.45) is 0 Å². The lowest BCUT2D eigenvalue weighted by Crippen LogP contribution is -1.83. The van der Waals surface area contributed by atoms with Crippen LogP contribution < -0.4 is 0 Å². The molecule has 0 aliphatic rings. The Morgan fingerprint density at radius 3 is 1.53 bits per heavy atom. The van der Waals surface area contributed by atoms with Crippen LogP contribution in [0.2, 0.25) is 0 Å². The van der Waals surface area contributed by atoms with Crippen molar-refractivity contribution in [2.45, 2.75) is 78.1 Å². The predicted molar refractivity (Wildman–Crippen MR) is 74.2 cm³/mol. The van der Waals surface area contributed by atoms with Gasteiger partial charge in [-0.25, -0.2) is 0 Å². The Labute approximate surface area is 99.4 Å². The Balaban J connectivity index is 2.81. The molecule has 0 amide bonds. The van der Waals surface area contributed by atoms with E-state index in [0.717, 1.165) is 0 Å². The van der Waals surface area contributed by atoms with Gasteiger partial charge in [0.05, 0.1) is 0 Å². The molecular weight excluding hydrogens is 199 g/mol. The fourth-order valence-corrected chi connectivity index (χ4v) is 2.63. The van der Waals surface area contributed by atoms with E-state index in [-0.39, 0.29) is 0 Å². The maximum absolute atomic E-state index is 2.29. The third-order valence-electron chi connectivity index (χ3n) is 2.89. The van der Waals surface area contributed by atoms with Gasteiger partial charge in [-0.1, -0.05) is 80.2 Å². The molecule has 0 unspecified atom stereocenters. The second kappa shape index (κ2) is 14.4. The van der Waals surface area contributed by atoms with Crippen LogP contribution in [0.5, 0.6) is 0 Å². The minimum atomic E-state index is 1.34. The highest BCUT2D eigenvalue weighted by atomic mass is 31.1. The van der Waals surface area contributed by atoms with Crippen molar-refractivity contribution >= 4 is 8.58 Å². The zero-order valence-corrected chi connectivity index (χ0v) is 11.8. The second-order valence-electron chi connectivity index (χ2n) is 4.45. The van der Waals surface area contributed by atoms with Crippen molar-refractivity contribution in [1.29, 1.82) is 0 Å². The summed E-state index contributed by atoms with van der Waals surface area (Å²) in [5.41, 5.74) is 0. The molecule has 1 heteroatoms. The molecule has 0 aliphatic heterocycles. The van der Waals surface area contributed by atoms with Crippen LogP contribution in [-0.4, -0.2) is 12.3 Å². The van der Waals surface area contributed by atoms with Crippen molar-refractivity contribution in [3.8, 4) is 0 Å². The van der Waals surface area contributed by atoms with Crippen molar-refractivity contribution < 1.29 is 0 Å². The fourth-order valence-electron chi connectivity index (χ4n) is 1.87. The van der Waals surface area contributed by atoms with Gasteiger partial charge in [-0.3, -0.25) is 0 Å². The van der Waals surface area contributed by atoms with Crippen LogP contribution in [0.1, 0.15) is 78.1 Å². The zero-order chi connectivity index (χ0) is 11.2. The molecule has 91 valence electrons. The second-order valence-corrected chi connectivity index (χ2v) is 5.97. The van der Waals surface area contributed by atoms with Crippen LogP contribution in [0.4, 0.5) is 0 Å². The first kappa shape index (κ1) is 15.4. The Kier molecular flexibility index (Phi) is 14.8. The van der Waals surface area contributed by atoms with Crippen molar-refractivity contribution in [3.63, 3.8) is 0 Å². The average Bonchev–Trinajstić information content (AvgIpc) is 2.26. The first-order valence-corrected chi connectivity index (χ1v) is 8.31. The molecule has 0 nitrogen and oxygen atoms in total. The van der Waals surface area contributed by atoms with E-state index in [4.69, 9.17) is 0 Å². The summed E-state index contributed by atoms with van der Waals surface area (Å²) in [6.07, 6.45) is 17.4. The molecule has 0 spiro atoms. The van der Waals surface area contributed by atoms with Crippen molar-refractivity contribution in [1.82, 2.24) is 0 Å². The molecule has 0 aliphatic carbocycles. The van der Waals surface area contributed by atoms with Gasteiger partial charge in [0.2, 0.25) is 0 Å². The van der Waals surface area contributed by atoms with E-state index in [2.05, 4.69) is 13.8 Å². The number of rotatable bonds is 12. The summed E-state index contributed by atoms with van der Waals surface area (Å²) in [5.74, 6) is 0. The van der Waals surface area contributed by atoms with Gasteiger partial charge in [0.15, 0.2) is 0 Å². The maximum atomic E-state index is 2.29. The third-order valence-corrected chi connectivity index (χ3v) is 3.97. The van der Waals surface area contributed by atoms with E-state index in [0.29, 0.717) is 0 Å². The van der Waals surface area contributed by atoms with E-state index in [1.807, 2.05) is 0 Å². The van der Waals surface area contributed by atoms with Gasteiger partial charge in [-0.05, 0) is 18.7 Å². The molecule has 0 rings (SSSR count). The summed E-state index contributed by atoms with van der Waals surface area (Å²) >= 11 is 0. The topological polar surface area (TPSA) is 0 Å². The van der Waals surface area contributed by atoms with Gasteiger partial charge < -0.3 is 0 Å². The van der Waals surface area contributed by atoms with Crippen LogP contribution in [0.15, 0.2) is 0 Å². The Hall–Kier alpha value is 0.430. The monoisotopic (exact) mass is 229 g/mol. The average molecular weight is 229 g/mol. The van der Waals surface area contributed by atoms with E-state index < -0.39 is 0 Å². The van der Waals surface area contributed by atoms with E-state index in [1.165, 1.54) is 76.5 Å². The van der Waals surface area contributed by atoms with Crippen molar-refractivity contribution in [3.05, 3.63) is 0 Å². The third kappa shape index (κ3) is 14.4. The molecule has 0 heterocycles. The largest absolute Gasteiger partial charge is 0.0813 e. The summed E-state index contributed by atoms with van der Waals surface area (Å²) in [6, 6.07) is 0. The smallest absolute Gasteiger partial charge is 0.0287 e. The lowest BCUT2D eigenvalue weighted by Gasteiger charge is -2.01. The molecule has 0 N–H and O–H groups in total.